The zero-order valence-electron chi connectivity index (χ0n) is 11.0. The van der Waals surface area contributed by atoms with E-state index in [2.05, 4.69) is 63.4 Å². The molecule has 0 bridgehead atoms. The minimum atomic E-state index is 0.574. The van der Waals surface area contributed by atoms with Crippen molar-refractivity contribution in [1.29, 1.82) is 0 Å². The van der Waals surface area contributed by atoms with Gasteiger partial charge in [-0.15, -0.1) is 0 Å². The molecule has 0 N–H and O–H groups in total. The van der Waals surface area contributed by atoms with Crippen LogP contribution in [0.1, 0.15) is 44.7 Å². The average molecular weight is 217 g/mol. The highest BCUT2D eigenvalue weighted by atomic mass is 15.1. The number of nitrogens with zero attached hydrogens (tertiary/aromatic N) is 1. The Balaban J connectivity index is 2.95. The largest absolute Gasteiger partial charge is 0.372 e. The Hall–Kier alpha value is -1.24. The summed E-state index contributed by atoms with van der Waals surface area (Å²) in [7, 11) is 0. The van der Waals surface area contributed by atoms with Crippen molar-refractivity contribution in [1.82, 2.24) is 4.90 Å². The van der Waals surface area contributed by atoms with Crippen LogP contribution in [0.3, 0.4) is 0 Å². The van der Waals surface area contributed by atoms with E-state index in [1.54, 1.807) is 0 Å². The van der Waals surface area contributed by atoms with Gasteiger partial charge in [-0.2, -0.15) is 0 Å². The predicted octanol–water partition coefficient (Wildman–Crippen LogP) is 4.12. The summed E-state index contributed by atoms with van der Waals surface area (Å²) in [4.78, 5) is 2.29. The molecule has 0 aliphatic carbocycles. The normalized spacial score (nSPS) is 10.6. The molecule has 1 aromatic rings. The maximum Gasteiger partial charge on any atom is 0.0366 e. The summed E-state index contributed by atoms with van der Waals surface area (Å²) in [5.41, 5.74) is 3.76. The van der Waals surface area contributed by atoms with Gasteiger partial charge >= 0.3 is 0 Å². The lowest BCUT2D eigenvalue weighted by Gasteiger charge is -2.24. The molecule has 1 rings (SSSR count). The second-order valence-electron chi connectivity index (χ2n) is 4.40. The van der Waals surface area contributed by atoms with E-state index in [1.165, 1.54) is 11.1 Å². The van der Waals surface area contributed by atoms with Crippen LogP contribution in [0.5, 0.6) is 0 Å². The van der Waals surface area contributed by atoms with Crippen LogP contribution in [0, 0.1) is 0 Å². The molecule has 0 atom stereocenters. The molecule has 0 aromatic heterocycles. The maximum absolute atomic E-state index is 4.19. The van der Waals surface area contributed by atoms with Crippen LogP contribution < -0.4 is 0 Å². The van der Waals surface area contributed by atoms with Crippen LogP contribution in [-0.2, 0) is 0 Å². The quantitative estimate of drug-likeness (QED) is 0.717. The number of benzene rings is 1. The van der Waals surface area contributed by atoms with Crippen molar-refractivity contribution in [2.24, 2.45) is 0 Å². The van der Waals surface area contributed by atoms with Crippen LogP contribution in [0.2, 0.25) is 0 Å². The van der Waals surface area contributed by atoms with Crippen molar-refractivity contribution < 1.29 is 0 Å². The van der Waals surface area contributed by atoms with Crippen molar-refractivity contribution in [3.05, 3.63) is 42.0 Å². The lowest BCUT2D eigenvalue weighted by atomic mass is 9.99. The van der Waals surface area contributed by atoms with E-state index in [9.17, 15) is 0 Å². The summed E-state index contributed by atoms with van der Waals surface area (Å²) in [5.74, 6) is 0.574. The Bertz CT molecular complexity index is 348. The first-order valence-electron chi connectivity index (χ1n) is 6.14. The molecule has 0 saturated heterocycles. The van der Waals surface area contributed by atoms with E-state index < -0.39 is 0 Å². The van der Waals surface area contributed by atoms with Crippen molar-refractivity contribution in [2.75, 3.05) is 13.1 Å². The lowest BCUT2D eigenvalue weighted by Crippen LogP contribution is -2.20. The van der Waals surface area contributed by atoms with Gasteiger partial charge in [0.2, 0.25) is 0 Å². The van der Waals surface area contributed by atoms with Crippen molar-refractivity contribution in [3.8, 4) is 0 Å². The van der Waals surface area contributed by atoms with Crippen LogP contribution in [0.15, 0.2) is 30.8 Å². The van der Waals surface area contributed by atoms with Gasteiger partial charge < -0.3 is 4.90 Å². The summed E-state index contributed by atoms with van der Waals surface area (Å²) in [6, 6.07) is 8.71. The molecular weight excluding hydrogens is 194 g/mol. The van der Waals surface area contributed by atoms with E-state index in [0.717, 1.165) is 18.8 Å². The lowest BCUT2D eigenvalue weighted by molar-refractivity contribution is 0.443. The van der Waals surface area contributed by atoms with Crippen LogP contribution in [0.4, 0.5) is 0 Å². The fraction of sp³-hybridized carbons (Fsp3) is 0.467. The van der Waals surface area contributed by atoms with Gasteiger partial charge in [0, 0.05) is 18.8 Å². The maximum atomic E-state index is 4.19. The summed E-state index contributed by atoms with van der Waals surface area (Å²) in [5, 5.41) is 0. The van der Waals surface area contributed by atoms with Crippen LogP contribution >= 0.6 is 0 Å². The Morgan fingerprint density at radius 2 is 1.88 bits per heavy atom. The Morgan fingerprint density at radius 1 is 1.25 bits per heavy atom. The number of rotatable bonds is 5. The highest BCUT2D eigenvalue weighted by molar-refractivity contribution is 5.62. The summed E-state index contributed by atoms with van der Waals surface area (Å²) < 4.78 is 0. The molecule has 0 heterocycles. The fourth-order valence-corrected chi connectivity index (χ4v) is 1.87. The Labute approximate surface area is 99.8 Å². The Kier molecular flexibility index (Phi) is 4.60. The second-order valence-corrected chi connectivity index (χ2v) is 4.40. The summed E-state index contributed by atoms with van der Waals surface area (Å²) in [6.45, 7) is 15.0. The van der Waals surface area contributed by atoms with Gasteiger partial charge in [-0.25, -0.2) is 0 Å². The van der Waals surface area contributed by atoms with Gasteiger partial charge in [0.15, 0.2) is 0 Å². The van der Waals surface area contributed by atoms with Gasteiger partial charge in [-0.3, -0.25) is 0 Å². The SMILES string of the molecule is C=C(c1cccc(C(C)C)c1)N(CC)CC. The van der Waals surface area contributed by atoms with E-state index in [-0.39, 0.29) is 0 Å². The topological polar surface area (TPSA) is 3.24 Å². The van der Waals surface area contributed by atoms with E-state index in [0.29, 0.717) is 5.92 Å². The van der Waals surface area contributed by atoms with Gasteiger partial charge in [0.05, 0.1) is 0 Å². The van der Waals surface area contributed by atoms with E-state index in [1.807, 2.05) is 0 Å². The molecule has 0 saturated carbocycles. The average Bonchev–Trinajstić information content (AvgIpc) is 2.30. The molecule has 0 fully saturated rings. The summed E-state index contributed by atoms with van der Waals surface area (Å²) >= 11 is 0. The summed E-state index contributed by atoms with van der Waals surface area (Å²) in [6.07, 6.45) is 0. The Morgan fingerprint density at radius 3 is 2.38 bits per heavy atom. The number of hydrogen-bond donors (Lipinski definition) is 0. The molecule has 0 amide bonds. The molecule has 16 heavy (non-hydrogen) atoms. The third kappa shape index (κ3) is 2.88. The van der Waals surface area contributed by atoms with Crippen LogP contribution in [0.25, 0.3) is 5.70 Å². The van der Waals surface area contributed by atoms with Crippen molar-refractivity contribution >= 4 is 5.70 Å². The van der Waals surface area contributed by atoms with Gasteiger partial charge in [-0.05, 0) is 37.0 Å². The molecular formula is C15H23N. The molecule has 0 spiro atoms. The van der Waals surface area contributed by atoms with Gasteiger partial charge in [-0.1, -0.05) is 38.6 Å². The van der Waals surface area contributed by atoms with Gasteiger partial charge in [0.1, 0.15) is 0 Å². The highest BCUT2D eigenvalue weighted by Crippen LogP contribution is 2.21. The van der Waals surface area contributed by atoms with Crippen LogP contribution in [-0.4, -0.2) is 18.0 Å². The van der Waals surface area contributed by atoms with E-state index >= 15 is 0 Å². The molecule has 0 aliphatic rings. The monoisotopic (exact) mass is 217 g/mol. The third-order valence-corrected chi connectivity index (χ3v) is 3.03. The standard InChI is InChI=1S/C15H23N/c1-6-16(7-2)13(5)15-10-8-9-14(11-15)12(3)4/h8-12H,5-7H2,1-4H3. The first kappa shape index (κ1) is 12.8. The zero-order chi connectivity index (χ0) is 12.1. The number of hydrogen-bond acceptors (Lipinski definition) is 1. The second kappa shape index (κ2) is 5.74. The predicted molar refractivity (Wildman–Crippen MR) is 72.5 cm³/mol. The molecule has 0 radical (unpaired) electrons. The van der Waals surface area contributed by atoms with Crippen molar-refractivity contribution in [3.63, 3.8) is 0 Å². The molecule has 0 unspecified atom stereocenters. The molecule has 0 aliphatic heterocycles. The molecule has 1 nitrogen and oxygen atoms in total. The molecule has 1 heteroatoms. The smallest absolute Gasteiger partial charge is 0.0366 e. The van der Waals surface area contributed by atoms with Gasteiger partial charge in [0.25, 0.3) is 0 Å². The minimum Gasteiger partial charge on any atom is -0.372 e. The first-order valence-corrected chi connectivity index (χ1v) is 6.14. The molecule has 1 aromatic carbocycles. The highest BCUT2D eigenvalue weighted by Gasteiger charge is 2.07. The minimum absolute atomic E-state index is 0.574. The first-order chi connectivity index (χ1) is 7.60. The third-order valence-electron chi connectivity index (χ3n) is 3.03. The molecule has 88 valence electrons. The van der Waals surface area contributed by atoms with Crippen molar-refractivity contribution in [2.45, 2.75) is 33.6 Å². The van der Waals surface area contributed by atoms with E-state index in [4.69, 9.17) is 0 Å². The fourth-order valence-electron chi connectivity index (χ4n) is 1.87. The zero-order valence-corrected chi connectivity index (χ0v) is 11.0.